The predicted octanol–water partition coefficient (Wildman–Crippen LogP) is 8.81. The molecule has 0 N–H and O–H groups in total. The van der Waals surface area contributed by atoms with Gasteiger partial charge < -0.3 is 23.7 Å². The number of benzene rings is 2. The lowest BCUT2D eigenvalue weighted by Gasteiger charge is -2.34. The average Bonchev–Trinajstić information content (AvgIpc) is 3.09. The SMILES string of the molecule is CCCCCCCCC[C@H]1CC[C@H](OC(=O)[C@](OC)(c2ccccc2)C(F)(F)F)/C=C/[C@H](OC(=O)[C@](OC)(c2ccccc2)C(F)(F)F)CC(=O)O1. The van der Waals surface area contributed by atoms with Crippen molar-refractivity contribution in [2.24, 2.45) is 0 Å². The van der Waals surface area contributed by atoms with Crippen LogP contribution in [0.15, 0.2) is 72.8 Å². The molecule has 1 aliphatic rings. The van der Waals surface area contributed by atoms with Crippen LogP contribution < -0.4 is 0 Å². The molecule has 0 fully saturated rings. The Morgan fingerprint density at radius 1 is 0.673 bits per heavy atom. The number of hydrogen-bond acceptors (Lipinski definition) is 8. The molecule has 3 rings (SSSR count). The average molecular weight is 745 g/mol. The zero-order valence-corrected chi connectivity index (χ0v) is 29.5. The Bertz CT molecular complexity index is 1450. The van der Waals surface area contributed by atoms with Gasteiger partial charge in [-0.1, -0.05) is 106 Å². The highest BCUT2D eigenvalue weighted by Gasteiger charge is 2.65. The molecule has 1 aliphatic heterocycles. The standard InChI is InChI=1S/C38H46F6O8/c1-4-5-6-7-8-9-16-21-29-22-23-30(51-33(46)35(48-2,37(39,40)41)27-17-12-10-13-18-27)24-25-31(26-32(45)50-29)52-34(47)36(49-3,38(42,43)44)28-19-14-11-15-20-28/h10-15,17-20,24-25,29-31H,4-9,16,21-23,26H2,1-3H3/b25-24+/t29-,30-,31-,35+,36+/m0/s1. The summed E-state index contributed by atoms with van der Waals surface area (Å²) < 4.78 is 114. The van der Waals surface area contributed by atoms with E-state index in [0.29, 0.717) is 27.1 Å². The van der Waals surface area contributed by atoms with Gasteiger partial charge in [-0.15, -0.1) is 0 Å². The minimum absolute atomic E-state index is 0.0838. The van der Waals surface area contributed by atoms with E-state index in [1.165, 1.54) is 36.4 Å². The molecular formula is C38H46F6O8. The molecule has 8 nitrogen and oxygen atoms in total. The first-order valence-corrected chi connectivity index (χ1v) is 17.3. The van der Waals surface area contributed by atoms with Crippen molar-refractivity contribution in [1.29, 1.82) is 0 Å². The second kappa shape index (κ2) is 19.2. The molecule has 0 radical (unpaired) electrons. The molecule has 0 saturated heterocycles. The van der Waals surface area contributed by atoms with Crippen LogP contribution in [0.3, 0.4) is 0 Å². The zero-order chi connectivity index (χ0) is 38.4. The van der Waals surface area contributed by atoms with Gasteiger partial charge in [0.1, 0.15) is 18.3 Å². The molecule has 0 amide bonds. The largest absolute Gasteiger partial charge is 0.462 e. The summed E-state index contributed by atoms with van der Waals surface area (Å²) in [5.41, 5.74) is -8.24. The zero-order valence-electron chi connectivity index (χ0n) is 29.5. The molecule has 0 unspecified atom stereocenters. The summed E-state index contributed by atoms with van der Waals surface area (Å²) in [6.45, 7) is 2.10. The van der Waals surface area contributed by atoms with Crippen molar-refractivity contribution >= 4 is 17.9 Å². The minimum atomic E-state index is -5.32. The molecule has 2 aromatic rings. The summed E-state index contributed by atoms with van der Waals surface area (Å²) in [6, 6.07) is 12.2. The number of rotatable bonds is 16. The van der Waals surface area contributed by atoms with Crippen molar-refractivity contribution in [3.8, 4) is 0 Å². The van der Waals surface area contributed by atoms with E-state index in [1.807, 2.05) is 0 Å². The van der Waals surface area contributed by atoms with Crippen LogP contribution in [0.25, 0.3) is 0 Å². The lowest BCUT2D eigenvalue weighted by molar-refractivity contribution is -0.278. The van der Waals surface area contributed by atoms with E-state index in [-0.39, 0.29) is 12.8 Å². The second-order valence-electron chi connectivity index (χ2n) is 12.6. The molecule has 0 saturated carbocycles. The quantitative estimate of drug-likeness (QED) is 0.0554. The van der Waals surface area contributed by atoms with Gasteiger partial charge in [0.2, 0.25) is 0 Å². The van der Waals surface area contributed by atoms with E-state index < -0.39 is 77.3 Å². The van der Waals surface area contributed by atoms with Crippen molar-refractivity contribution in [3.05, 3.63) is 83.9 Å². The van der Waals surface area contributed by atoms with E-state index in [2.05, 4.69) is 6.92 Å². The molecule has 0 aliphatic carbocycles. The Hall–Kier alpha value is -3.91. The third kappa shape index (κ3) is 10.4. The van der Waals surface area contributed by atoms with Crippen LogP contribution in [0.1, 0.15) is 88.7 Å². The number of carbonyl (C=O) groups is 3. The highest BCUT2D eigenvalue weighted by Crippen LogP contribution is 2.45. The smallest absolute Gasteiger partial charge is 0.432 e. The van der Waals surface area contributed by atoms with Crippen LogP contribution in [0.4, 0.5) is 26.3 Å². The molecule has 0 aromatic heterocycles. The first kappa shape index (κ1) is 42.5. The molecule has 14 heteroatoms. The maximum atomic E-state index is 14.6. The second-order valence-corrected chi connectivity index (χ2v) is 12.6. The van der Waals surface area contributed by atoms with E-state index in [9.17, 15) is 40.7 Å². The van der Waals surface area contributed by atoms with E-state index in [1.54, 1.807) is 0 Å². The van der Waals surface area contributed by atoms with Gasteiger partial charge in [-0.05, 0) is 37.8 Å². The Balaban J connectivity index is 1.96. The Kier molecular flexibility index (Phi) is 15.7. The molecule has 0 spiro atoms. The van der Waals surface area contributed by atoms with Gasteiger partial charge in [0, 0.05) is 25.3 Å². The summed E-state index contributed by atoms with van der Waals surface area (Å²) in [7, 11) is 1.39. The Morgan fingerprint density at radius 3 is 1.58 bits per heavy atom. The topological polar surface area (TPSA) is 97.4 Å². The Labute approximate surface area is 299 Å². The first-order chi connectivity index (χ1) is 24.7. The Morgan fingerprint density at radius 2 is 1.12 bits per heavy atom. The monoisotopic (exact) mass is 744 g/mol. The fourth-order valence-corrected chi connectivity index (χ4v) is 6.15. The van der Waals surface area contributed by atoms with Gasteiger partial charge in [-0.2, -0.15) is 26.3 Å². The van der Waals surface area contributed by atoms with Gasteiger partial charge in [0.25, 0.3) is 11.2 Å². The number of ether oxygens (including phenoxy) is 5. The third-order valence-electron chi connectivity index (χ3n) is 8.97. The number of halogens is 6. The number of carbonyl (C=O) groups excluding carboxylic acids is 3. The van der Waals surface area contributed by atoms with Crippen LogP contribution in [0.5, 0.6) is 0 Å². The van der Waals surface area contributed by atoms with Crippen LogP contribution in [-0.2, 0) is 49.3 Å². The summed E-state index contributed by atoms with van der Waals surface area (Å²) in [6.07, 6.45) is -6.12. The lowest BCUT2D eigenvalue weighted by Crippen LogP contribution is -2.52. The van der Waals surface area contributed by atoms with Gasteiger partial charge in [-0.25, -0.2) is 9.59 Å². The van der Waals surface area contributed by atoms with E-state index in [4.69, 9.17) is 23.7 Å². The van der Waals surface area contributed by atoms with Crippen LogP contribution in [0, 0.1) is 0 Å². The predicted molar refractivity (Wildman–Crippen MR) is 178 cm³/mol. The number of methoxy groups -OCH3 is 2. The van der Waals surface area contributed by atoms with E-state index >= 15 is 0 Å². The van der Waals surface area contributed by atoms with Crippen molar-refractivity contribution in [1.82, 2.24) is 0 Å². The maximum absolute atomic E-state index is 14.6. The molecule has 2 aromatic carbocycles. The number of esters is 3. The van der Waals surface area contributed by atoms with Crippen molar-refractivity contribution < 1.29 is 64.4 Å². The molecule has 288 valence electrons. The summed E-state index contributed by atoms with van der Waals surface area (Å²) in [5.74, 6) is -4.57. The van der Waals surface area contributed by atoms with Crippen LogP contribution in [0.2, 0.25) is 0 Å². The number of alkyl halides is 6. The maximum Gasteiger partial charge on any atom is 0.432 e. The summed E-state index contributed by atoms with van der Waals surface area (Å²) >= 11 is 0. The van der Waals surface area contributed by atoms with Crippen molar-refractivity contribution in [3.63, 3.8) is 0 Å². The molecule has 52 heavy (non-hydrogen) atoms. The molecule has 0 bridgehead atoms. The lowest BCUT2D eigenvalue weighted by atomic mass is 9.92. The molecule has 1 heterocycles. The summed E-state index contributed by atoms with van der Waals surface area (Å²) in [5, 5.41) is 0. The third-order valence-corrected chi connectivity index (χ3v) is 8.97. The van der Waals surface area contributed by atoms with Crippen LogP contribution >= 0.6 is 0 Å². The van der Waals surface area contributed by atoms with Crippen molar-refractivity contribution in [2.45, 2.75) is 119 Å². The number of hydrogen-bond donors (Lipinski definition) is 0. The fourth-order valence-electron chi connectivity index (χ4n) is 6.15. The number of cyclic esters (lactones) is 1. The highest BCUT2D eigenvalue weighted by molar-refractivity contribution is 5.84. The normalized spacial score (nSPS) is 21.6. The first-order valence-electron chi connectivity index (χ1n) is 17.3. The number of unbranched alkanes of at least 4 members (excludes halogenated alkanes) is 6. The van der Waals surface area contributed by atoms with Crippen LogP contribution in [-0.4, -0.2) is 62.8 Å². The van der Waals surface area contributed by atoms with Gasteiger partial charge in [0.05, 0.1) is 6.42 Å². The van der Waals surface area contributed by atoms with Crippen molar-refractivity contribution in [2.75, 3.05) is 14.2 Å². The van der Waals surface area contributed by atoms with Gasteiger partial charge in [-0.3, -0.25) is 4.79 Å². The fraction of sp³-hybridized carbons (Fsp3) is 0.553. The van der Waals surface area contributed by atoms with Gasteiger partial charge >= 0.3 is 30.3 Å². The minimum Gasteiger partial charge on any atom is -0.462 e. The van der Waals surface area contributed by atoms with Gasteiger partial charge in [0.15, 0.2) is 0 Å². The summed E-state index contributed by atoms with van der Waals surface area (Å²) in [4.78, 5) is 40.0. The highest BCUT2D eigenvalue weighted by atomic mass is 19.4. The molecule has 5 atom stereocenters. The van der Waals surface area contributed by atoms with E-state index in [0.717, 1.165) is 74.9 Å². The molecular weight excluding hydrogens is 698 g/mol.